The lowest BCUT2D eigenvalue weighted by molar-refractivity contribution is 0.167. The Bertz CT molecular complexity index is 449. The smallest absolute Gasteiger partial charge is 0.407 e. The summed E-state index contributed by atoms with van der Waals surface area (Å²) >= 11 is 0. The van der Waals surface area contributed by atoms with E-state index in [1.54, 1.807) is 0 Å². The molecular formula is C14H22N4O2. The Kier molecular flexibility index (Phi) is 4.79. The Labute approximate surface area is 119 Å². The third-order valence-electron chi connectivity index (χ3n) is 3.65. The van der Waals surface area contributed by atoms with Crippen molar-refractivity contribution in [3.8, 4) is 0 Å². The van der Waals surface area contributed by atoms with Crippen LogP contribution in [0.1, 0.15) is 31.5 Å². The number of rotatable bonds is 4. The molecule has 1 amide bonds. The summed E-state index contributed by atoms with van der Waals surface area (Å²) in [4.78, 5) is 17.8. The molecule has 1 unspecified atom stereocenters. The van der Waals surface area contributed by atoms with Crippen LogP contribution in [-0.4, -0.2) is 37.3 Å². The lowest BCUT2D eigenvalue weighted by Crippen LogP contribution is -2.36. The number of ether oxygens (including phenoxy) is 1. The first-order valence-electron chi connectivity index (χ1n) is 6.95. The highest BCUT2D eigenvalue weighted by Gasteiger charge is 2.24. The highest BCUT2D eigenvalue weighted by molar-refractivity contribution is 5.67. The number of amides is 1. The number of nitrogens with two attached hydrogens (primary N) is 1. The first kappa shape index (κ1) is 14.6. The maximum atomic E-state index is 11.2. The summed E-state index contributed by atoms with van der Waals surface area (Å²) in [7, 11) is 1.38. The van der Waals surface area contributed by atoms with Crippen molar-refractivity contribution in [2.45, 2.75) is 31.8 Å². The van der Waals surface area contributed by atoms with E-state index in [-0.39, 0.29) is 18.2 Å². The normalized spacial score (nSPS) is 19.8. The van der Waals surface area contributed by atoms with E-state index < -0.39 is 0 Å². The van der Waals surface area contributed by atoms with Crippen LogP contribution < -0.4 is 16.0 Å². The number of alkyl carbamates (subject to hydrolysis) is 1. The summed E-state index contributed by atoms with van der Waals surface area (Å²) in [6.07, 6.45) is 3.26. The SMILES string of the molecule is CC[C@H](N)c1ccc(N2CCC(NC(=O)OC)C2)cn1. The standard InChI is InChI=1S/C14H22N4O2/c1-3-12(15)13-5-4-11(8-16-13)18-7-6-10(9-18)17-14(19)20-2/h4-5,8,10,12H,3,6-7,9,15H2,1-2H3,(H,17,19)/t10?,12-/m0/s1. The van der Waals surface area contributed by atoms with Crippen LogP contribution in [0.2, 0.25) is 0 Å². The molecule has 0 spiro atoms. The van der Waals surface area contributed by atoms with E-state index >= 15 is 0 Å². The molecule has 1 aromatic rings. The summed E-state index contributed by atoms with van der Waals surface area (Å²) < 4.78 is 4.61. The zero-order valence-corrected chi connectivity index (χ0v) is 12.0. The zero-order valence-electron chi connectivity index (χ0n) is 12.0. The fourth-order valence-electron chi connectivity index (χ4n) is 2.35. The summed E-state index contributed by atoms with van der Waals surface area (Å²) in [5, 5.41) is 2.82. The highest BCUT2D eigenvalue weighted by atomic mass is 16.5. The van der Waals surface area contributed by atoms with Crippen molar-refractivity contribution >= 4 is 11.8 Å². The lowest BCUT2D eigenvalue weighted by atomic mass is 10.1. The van der Waals surface area contributed by atoms with Crippen molar-refractivity contribution in [1.29, 1.82) is 0 Å². The van der Waals surface area contributed by atoms with Crippen LogP contribution in [0, 0.1) is 0 Å². The second kappa shape index (κ2) is 6.56. The topological polar surface area (TPSA) is 80.5 Å². The van der Waals surface area contributed by atoms with Gasteiger partial charge in [-0.1, -0.05) is 6.92 Å². The highest BCUT2D eigenvalue weighted by Crippen LogP contribution is 2.21. The molecule has 0 radical (unpaired) electrons. The minimum Gasteiger partial charge on any atom is -0.453 e. The van der Waals surface area contributed by atoms with Gasteiger partial charge in [0.2, 0.25) is 0 Å². The van der Waals surface area contributed by atoms with E-state index in [0.29, 0.717) is 0 Å². The molecule has 0 saturated carbocycles. The van der Waals surface area contributed by atoms with Gasteiger partial charge in [-0.3, -0.25) is 4.98 Å². The van der Waals surface area contributed by atoms with Crippen molar-refractivity contribution in [3.63, 3.8) is 0 Å². The largest absolute Gasteiger partial charge is 0.453 e. The summed E-state index contributed by atoms with van der Waals surface area (Å²) in [5.41, 5.74) is 7.93. The van der Waals surface area contributed by atoms with E-state index in [0.717, 1.165) is 37.3 Å². The van der Waals surface area contributed by atoms with Gasteiger partial charge in [-0.05, 0) is 25.0 Å². The summed E-state index contributed by atoms with van der Waals surface area (Å²) in [6.45, 7) is 3.72. The van der Waals surface area contributed by atoms with E-state index in [4.69, 9.17) is 5.73 Å². The molecule has 20 heavy (non-hydrogen) atoms. The number of hydrogen-bond donors (Lipinski definition) is 2. The van der Waals surface area contributed by atoms with Crippen molar-refractivity contribution in [3.05, 3.63) is 24.0 Å². The third kappa shape index (κ3) is 3.39. The number of carbonyl (C=O) groups is 1. The maximum Gasteiger partial charge on any atom is 0.407 e. The van der Waals surface area contributed by atoms with Crippen molar-refractivity contribution in [2.24, 2.45) is 5.73 Å². The van der Waals surface area contributed by atoms with Crippen molar-refractivity contribution in [1.82, 2.24) is 10.3 Å². The minimum absolute atomic E-state index is 0.00336. The van der Waals surface area contributed by atoms with Gasteiger partial charge in [-0.2, -0.15) is 0 Å². The van der Waals surface area contributed by atoms with Crippen LogP contribution >= 0.6 is 0 Å². The van der Waals surface area contributed by atoms with Gasteiger partial charge in [0.15, 0.2) is 0 Å². The fourth-order valence-corrected chi connectivity index (χ4v) is 2.35. The fraction of sp³-hybridized carbons (Fsp3) is 0.571. The monoisotopic (exact) mass is 278 g/mol. The van der Waals surface area contributed by atoms with Crippen LogP contribution in [0.3, 0.4) is 0 Å². The van der Waals surface area contributed by atoms with Gasteiger partial charge in [-0.25, -0.2) is 4.79 Å². The van der Waals surface area contributed by atoms with Crippen molar-refractivity contribution < 1.29 is 9.53 Å². The molecule has 6 heteroatoms. The molecule has 0 aromatic carbocycles. The molecule has 3 N–H and O–H groups in total. The number of aromatic nitrogens is 1. The molecule has 1 aliphatic heterocycles. The summed E-state index contributed by atoms with van der Waals surface area (Å²) in [5.74, 6) is 0. The zero-order chi connectivity index (χ0) is 14.5. The van der Waals surface area contributed by atoms with Gasteiger partial charge in [0.05, 0.1) is 30.7 Å². The Hall–Kier alpha value is -1.82. The second-order valence-electron chi connectivity index (χ2n) is 5.02. The lowest BCUT2D eigenvalue weighted by Gasteiger charge is -2.19. The van der Waals surface area contributed by atoms with E-state index in [1.165, 1.54) is 7.11 Å². The van der Waals surface area contributed by atoms with Crippen LogP contribution in [0.4, 0.5) is 10.5 Å². The third-order valence-corrected chi connectivity index (χ3v) is 3.65. The number of hydrogen-bond acceptors (Lipinski definition) is 5. The average Bonchev–Trinajstić information content (AvgIpc) is 2.95. The molecule has 1 saturated heterocycles. The molecule has 1 aromatic heterocycles. The number of methoxy groups -OCH3 is 1. The van der Waals surface area contributed by atoms with Crippen LogP contribution in [0.15, 0.2) is 18.3 Å². The Balaban J connectivity index is 1.94. The molecule has 0 aliphatic carbocycles. The molecule has 1 fully saturated rings. The van der Waals surface area contributed by atoms with Crippen molar-refractivity contribution in [2.75, 3.05) is 25.1 Å². The van der Waals surface area contributed by atoms with Gasteiger partial charge in [-0.15, -0.1) is 0 Å². The molecule has 2 heterocycles. The predicted molar refractivity (Wildman–Crippen MR) is 77.6 cm³/mol. The number of nitrogens with zero attached hydrogens (tertiary/aromatic N) is 2. The molecule has 6 nitrogen and oxygen atoms in total. The van der Waals surface area contributed by atoms with Gasteiger partial charge >= 0.3 is 6.09 Å². The Morgan fingerprint density at radius 2 is 2.45 bits per heavy atom. The molecule has 2 atom stereocenters. The molecule has 1 aliphatic rings. The number of pyridine rings is 1. The van der Waals surface area contributed by atoms with E-state index in [1.807, 2.05) is 25.3 Å². The number of carbonyl (C=O) groups excluding carboxylic acids is 1. The predicted octanol–water partition coefficient (Wildman–Crippen LogP) is 1.43. The molecule has 2 rings (SSSR count). The number of anilines is 1. The quantitative estimate of drug-likeness (QED) is 0.870. The Morgan fingerprint density at radius 1 is 1.65 bits per heavy atom. The van der Waals surface area contributed by atoms with E-state index in [9.17, 15) is 4.79 Å². The molecule has 0 bridgehead atoms. The van der Waals surface area contributed by atoms with Crippen LogP contribution in [0.25, 0.3) is 0 Å². The van der Waals surface area contributed by atoms with Gasteiger partial charge in [0.25, 0.3) is 0 Å². The maximum absolute atomic E-state index is 11.2. The van der Waals surface area contributed by atoms with Gasteiger partial charge in [0.1, 0.15) is 0 Å². The number of nitrogens with one attached hydrogen (secondary N) is 1. The summed E-state index contributed by atoms with van der Waals surface area (Å²) in [6, 6.07) is 4.14. The molecule has 110 valence electrons. The van der Waals surface area contributed by atoms with Gasteiger partial charge in [0, 0.05) is 19.1 Å². The Morgan fingerprint density at radius 3 is 3.05 bits per heavy atom. The first-order valence-corrected chi connectivity index (χ1v) is 6.95. The second-order valence-corrected chi connectivity index (χ2v) is 5.02. The average molecular weight is 278 g/mol. The van der Waals surface area contributed by atoms with Crippen LogP contribution in [-0.2, 0) is 4.74 Å². The minimum atomic E-state index is -0.376. The van der Waals surface area contributed by atoms with Gasteiger partial charge < -0.3 is 20.7 Å². The first-order chi connectivity index (χ1) is 9.63. The van der Waals surface area contributed by atoms with Crippen LogP contribution in [0.5, 0.6) is 0 Å². The molecular weight excluding hydrogens is 256 g/mol. The van der Waals surface area contributed by atoms with E-state index in [2.05, 4.69) is 19.9 Å².